The molecule has 5 rings (SSSR count). The first-order valence-electron chi connectivity index (χ1n) is 11.9. The van der Waals surface area contributed by atoms with E-state index in [0.717, 1.165) is 11.4 Å². The van der Waals surface area contributed by atoms with Gasteiger partial charge in [-0.2, -0.15) is 0 Å². The van der Waals surface area contributed by atoms with Crippen LogP contribution in [0.25, 0.3) is 11.3 Å². The summed E-state index contributed by atoms with van der Waals surface area (Å²) in [6.07, 6.45) is 1.90. The summed E-state index contributed by atoms with van der Waals surface area (Å²) in [4.78, 5) is 30.6. The van der Waals surface area contributed by atoms with Crippen molar-refractivity contribution < 1.29 is 19.1 Å². The topological polar surface area (TPSA) is 108 Å². The van der Waals surface area contributed by atoms with Gasteiger partial charge >= 0.3 is 5.97 Å². The molecule has 3 heterocycles. The second kappa shape index (κ2) is 11.0. The van der Waals surface area contributed by atoms with Crippen LogP contribution < -0.4 is 10.6 Å². The number of carboxylic acids is 1. The minimum absolute atomic E-state index is 0.100. The van der Waals surface area contributed by atoms with Crippen molar-refractivity contribution >= 4 is 46.5 Å². The molecule has 0 spiro atoms. The Morgan fingerprint density at radius 2 is 1.87 bits per heavy atom. The van der Waals surface area contributed by atoms with E-state index < -0.39 is 12.0 Å². The molecule has 10 heteroatoms. The fraction of sp³-hybridized carbons (Fsp3) is 0.143. The first-order valence-corrected chi connectivity index (χ1v) is 12.7. The van der Waals surface area contributed by atoms with E-state index in [1.165, 1.54) is 18.2 Å². The molecule has 1 fully saturated rings. The van der Waals surface area contributed by atoms with Crippen molar-refractivity contribution in [2.75, 3.05) is 11.9 Å². The molecule has 0 saturated carbocycles. The molecule has 0 unspecified atom stereocenters. The lowest BCUT2D eigenvalue weighted by molar-refractivity contribution is -0.116. The van der Waals surface area contributed by atoms with E-state index in [4.69, 9.17) is 28.2 Å². The lowest BCUT2D eigenvalue weighted by Crippen LogP contribution is -2.32. The van der Waals surface area contributed by atoms with Gasteiger partial charge in [0.2, 0.25) is 5.91 Å². The standard InChI is InChI=1S/C28H23ClN4O4S/c29-20-10-9-17(27(35)36)16-19(20)22-11-12-23(37-22)26-25(21-8-4-5-14-30-21)32-28(38)33(26)15-13-24(34)31-18-6-2-1-3-7-18/h1-12,14,16,25-26H,13,15H2,(H,31,34)(H,32,38)(H,35,36)/t25-,26+/m0/s1. The van der Waals surface area contributed by atoms with E-state index in [2.05, 4.69) is 15.6 Å². The molecule has 2 atom stereocenters. The largest absolute Gasteiger partial charge is 0.478 e. The molecule has 2 aromatic heterocycles. The predicted molar refractivity (Wildman–Crippen MR) is 148 cm³/mol. The number of aromatic nitrogens is 1. The first kappa shape index (κ1) is 25.4. The zero-order valence-corrected chi connectivity index (χ0v) is 21.6. The molecule has 1 saturated heterocycles. The van der Waals surface area contributed by atoms with E-state index in [1.54, 1.807) is 12.3 Å². The van der Waals surface area contributed by atoms with Crippen LogP contribution in [0.4, 0.5) is 5.69 Å². The van der Waals surface area contributed by atoms with Crippen LogP contribution in [0.3, 0.4) is 0 Å². The van der Waals surface area contributed by atoms with Gasteiger partial charge < -0.3 is 25.1 Å². The van der Waals surface area contributed by atoms with Crippen LogP contribution in [0.15, 0.2) is 89.5 Å². The summed E-state index contributed by atoms with van der Waals surface area (Å²) >= 11 is 12.1. The number of rotatable bonds is 8. The molecular formula is C28H23ClN4O4S. The lowest BCUT2D eigenvalue weighted by atomic mass is 10.0. The Bertz CT molecular complexity index is 1480. The fourth-order valence-corrected chi connectivity index (χ4v) is 4.97. The molecule has 1 amide bonds. The number of hydrogen-bond acceptors (Lipinski definition) is 5. The highest BCUT2D eigenvalue weighted by Crippen LogP contribution is 2.41. The Labute approximate surface area is 229 Å². The number of benzene rings is 2. The predicted octanol–water partition coefficient (Wildman–Crippen LogP) is 5.69. The second-order valence-electron chi connectivity index (χ2n) is 8.69. The Morgan fingerprint density at radius 3 is 2.61 bits per heavy atom. The molecule has 192 valence electrons. The maximum absolute atomic E-state index is 12.7. The van der Waals surface area contributed by atoms with Crippen LogP contribution in [-0.2, 0) is 4.79 Å². The minimum Gasteiger partial charge on any atom is -0.478 e. The van der Waals surface area contributed by atoms with Crippen LogP contribution in [0, 0.1) is 0 Å². The number of carboxylic acid groups (broad SMARTS) is 1. The number of nitrogens with zero attached hydrogens (tertiary/aromatic N) is 2. The van der Waals surface area contributed by atoms with Gasteiger partial charge in [0.05, 0.1) is 22.3 Å². The van der Waals surface area contributed by atoms with Crippen molar-refractivity contribution in [3.63, 3.8) is 0 Å². The summed E-state index contributed by atoms with van der Waals surface area (Å²) in [6, 6.07) is 22.2. The van der Waals surface area contributed by atoms with Crippen molar-refractivity contribution in [3.05, 3.63) is 107 Å². The number of thiocarbonyl (C=S) groups is 1. The third-order valence-electron chi connectivity index (χ3n) is 6.23. The van der Waals surface area contributed by atoms with E-state index in [1.807, 2.05) is 59.5 Å². The number of halogens is 1. The van der Waals surface area contributed by atoms with Crippen LogP contribution in [0.5, 0.6) is 0 Å². The van der Waals surface area contributed by atoms with Gasteiger partial charge in [0.1, 0.15) is 17.6 Å². The third kappa shape index (κ3) is 5.39. The van der Waals surface area contributed by atoms with Gasteiger partial charge in [-0.3, -0.25) is 9.78 Å². The van der Waals surface area contributed by atoms with E-state index in [-0.39, 0.29) is 23.9 Å². The Hall–Kier alpha value is -4.21. The Kier molecular flexibility index (Phi) is 7.39. The number of pyridine rings is 1. The molecule has 3 N–H and O–H groups in total. The van der Waals surface area contributed by atoms with Crippen molar-refractivity contribution in [2.45, 2.75) is 18.5 Å². The van der Waals surface area contributed by atoms with Gasteiger partial charge in [-0.1, -0.05) is 35.9 Å². The average Bonchev–Trinajstić information content (AvgIpc) is 3.53. The summed E-state index contributed by atoms with van der Waals surface area (Å²) in [5, 5.41) is 16.5. The molecule has 2 aromatic carbocycles. The van der Waals surface area contributed by atoms with Crippen LogP contribution in [-0.4, -0.2) is 38.5 Å². The minimum atomic E-state index is -1.06. The maximum atomic E-state index is 12.7. The molecule has 8 nitrogen and oxygen atoms in total. The van der Waals surface area contributed by atoms with Crippen LogP contribution in [0.1, 0.15) is 40.3 Å². The highest BCUT2D eigenvalue weighted by Gasteiger charge is 2.41. The highest BCUT2D eigenvalue weighted by atomic mass is 35.5. The molecule has 1 aliphatic rings. The number of carbonyl (C=O) groups is 2. The monoisotopic (exact) mass is 546 g/mol. The van der Waals surface area contributed by atoms with Crippen LogP contribution in [0.2, 0.25) is 5.02 Å². The van der Waals surface area contributed by atoms with Gasteiger partial charge in [-0.15, -0.1) is 0 Å². The number of amides is 1. The van der Waals surface area contributed by atoms with Crippen molar-refractivity contribution in [2.24, 2.45) is 0 Å². The van der Waals surface area contributed by atoms with Gasteiger partial charge in [-0.25, -0.2) is 4.79 Å². The van der Waals surface area contributed by atoms with Gasteiger partial charge in [0, 0.05) is 30.4 Å². The molecule has 4 aromatic rings. The zero-order valence-electron chi connectivity index (χ0n) is 20.0. The van der Waals surface area contributed by atoms with E-state index in [0.29, 0.717) is 33.8 Å². The maximum Gasteiger partial charge on any atom is 0.335 e. The smallest absolute Gasteiger partial charge is 0.335 e. The number of hydrogen-bond donors (Lipinski definition) is 3. The second-order valence-corrected chi connectivity index (χ2v) is 9.48. The number of carbonyl (C=O) groups excluding carboxylic acids is 1. The SMILES string of the molecule is O=C(CCN1C(=S)N[C@@H](c2ccccn2)[C@H]1c1ccc(-c2cc(C(=O)O)ccc2Cl)o1)Nc1ccccc1. The molecule has 0 bridgehead atoms. The number of aromatic carboxylic acids is 1. The molecule has 0 aliphatic carbocycles. The normalized spacial score (nSPS) is 16.8. The molecule has 38 heavy (non-hydrogen) atoms. The van der Waals surface area contributed by atoms with Crippen molar-refractivity contribution in [3.8, 4) is 11.3 Å². The van der Waals surface area contributed by atoms with Gasteiger partial charge in [-0.05, 0) is 66.8 Å². The Balaban J connectivity index is 1.44. The van der Waals surface area contributed by atoms with Crippen molar-refractivity contribution in [1.82, 2.24) is 15.2 Å². The highest BCUT2D eigenvalue weighted by molar-refractivity contribution is 7.80. The Morgan fingerprint density at radius 1 is 1.08 bits per heavy atom. The average molecular weight is 547 g/mol. The number of nitrogens with one attached hydrogen (secondary N) is 2. The quantitative estimate of drug-likeness (QED) is 0.242. The first-order chi connectivity index (χ1) is 18.4. The van der Waals surface area contributed by atoms with Gasteiger partial charge in [0.15, 0.2) is 5.11 Å². The van der Waals surface area contributed by atoms with Gasteiger partial charge in [0.25, 0.3) is 0 Å². The lowest BCUT2D eigenvalue weighted by Gasteiger charge is -2.25. The summed E-state index contributed by atoms with van der Waals surface area (Å²) in [5.74, 6) is -0.206. The number of furan rings is 1. The summed E-state index contributed by atoms with van der Waals surface area (Å²) in [6.45, 7) is 0.337. The molecule has 0 radical (unpaired) electrons. The molecular weight excluding hydrogens is 524 g/mol. The summed E-state index contributed by atoms with van der Waals surface area (Å²) < 4.78 is 6.25. The van der Waals surface area contributed by atoms with Crippen LogP contribution >= 0.6 is 23.8 Å². The fourth-order valence-electron chi connectivity index (χ4n) is 4.43. The number of anilines is 1. The third-order valence-corrected chi connectivity index (χ3v) is 6.91. The zero-order chi connectivity index (χ0) is 26.6. The number of para-hydroxylation sites is 1. The molecule has 1 aliphatic heterocycles. The van der Waals surface area contributed by atoms with E-state index in [9.17, 15) is 14.7 Å². The summed E-state index contributed by atoms with van der Waals surface area (Å²) in [5.41, 5.74) is 2.05. The summed E-state index contributed by atoms with van der Waals surface area (Å²) in [7, 11) is 0. The van der Waals surface area contributed by atoms with E-state index >= 15 is 0 Å². The van der Waals surface area contributed by atoms with Crippen molar-refractivity contribution in [1.29, 1.82) is 0 Å².